The van der Waals surface area contributed by atoms with E-state index in [1.54, 1.807) is 0 Å². The molecule has 4 rings (SSSR count). The summed E-state index contributed by atoms with van der Waals surface area (Å²) < 4.78 is 11.3. The monoisotopic (exact) mass is 404 g/mol. The quantitative estimate of drug-likeness (QED) is 0.518. The van der Waals surface area contributed by atoms with Crippen LogP contribution < -0.4 is 0 Å². The molecule has 4 unspecified atom stereocenters. The third-order valence-electron chi connectivity index (χ3n) is 9.41. The molecule has 0 heterocycles. The zero-order valence-corrected chi connectivity index (χ0v) is 18.3. The average molecular weight is 405 g/mol. The lowest BCUT2D eigenvalue weighted by molar-refractivity contribution is -0.169. The topological polar surface area (TPSA) is 69.7 Å². The summed E-state index contributed by atoms with van der Waals surface area (Å²) in [5.74, 6) is 1.63. The smallest absolute Gasteiger partial charge is 0.302 e. The first-order valence-electron chi connectivity index (χ1n) is 11.5. The molecule has 5 nitrogen and oxygen atoms in total. The van der Waals surface area contributed by atoms with Crippen molar-refractivity contribution in [1.82, 2.24) is 0 Å². The molecule has 29 heavy (non-hydrogen) atoms. The van der Waals surface area contributed by atoms with Crippen LogP contribution in [0.2, 0.25) is 0 Å². The average Bonchev–Trinajstić information content (AvgIpc) is 2.93. The third kappa shape index (κ3) is 3.33. The molecule has 0 saturated heterocycles. The standard InChI is InChI=1S/C24H36O5/c1-14(26)28-18-7-9-23(3)17(12-18)5-6-19-20(23)8-10-24(4)21(29-15(2)27)11-16(13-25)22(19)24/h13,16-22H,5-12H2,1-4H3/t16?,17?,18?,19-,20-,21?,22+,23+,24-/m1/s1. The summed E-state index contributed by atoms with van der Waals surface area (Å²) in [6.07, 6.45) is 9.23. The summed E-state index contributed by atoms with van der Waals surface area (Å²) >= 11 is 0. The number of carbonyl (C=O) groups excluding carboxylic acids is 3. The Labute approximate surface area is 174 Å². The number of rotatable bonds is 3. The lowest BCUT2D eigenvalue weighted by Crippen LogP contribution is -2.55. The van der Waals surface area contributed by atoms with Gasteiger partial charge in [-0.3, -0.25) is 9.59 Å². The first kappa shape index (κ1) is 20.9. The highest BCUT2D eigenvalue weighted by atomic mass is 16.5. The van der Waals surface area contributed by atoms with Crippen LogP contribution in [-0.2, 0) is 23.9 Å². The van der Waals surface area contributed by atoms with Crippen molar-refractivity contribution < 1.29 is 23.9 Å². The predicted molar refractivity (Wildman–Crippen MR) is 108 cm³/mol. The molecule has 0 aromatic heterocycles. The molecule has 162 valence electrons. The molecule has 0 aromatic carbocycles. The Bertz CT molecular complexity index is 689. The molecule has 4 fully saturated rings. The number of hydrogen-bond donors (Lipinski definition) is 0. The first-order valence-corrected chi connectivity index (χ1v) is 11.5. The molecular formula is C24H36O5. The van der Waals surface area contributed by atoms with E-state index in [1.807, 2.05) is 0 Å². The minimum absolute atomic E-state index is 0.00492. The van der Waals surface area contributed by atoms with Crippen molar-refractivity contribution in [2.24, 2.45) is 40.4 Å². The van der Waals surface area contributed by atoms with E-state index in [2.05, 4.69) is 13.8 Å². The molecular weight excluding hydrogens is 368 g/mol. The predicted octanol–water partition coefficient (Wildman–Crippen LogP) is 4.32. The van der Waals surface area contributed by atoms with Gasteiger partial charge in [0.25, 0.3) is 0 Å². The van der Waals surface area contributed by atoms with E-state index in [4.69, 9.17) is 9.47 Å². The summed E-state index contributed by atoms with van der Waals surface area (Å²) in [6.45, 7) is 7.70. The van der Waals surface area contributed by atoms with Crippen LogP contribution in [0.4, 0.5) is 0 Å². The zero-order valence-electron chi connectivity index (χ0n) is 18.3. The Morgan fingerprint density at radius 3 is 2.24 bits per heavy atom. The van der Waals surface area contributed by atoms with Crippen molar-refractivity contribution in [3.8, 4) is 0 Å². The van der Waals surface area contributed by atoms with Gasteiger partial charge in [0.15, 0.2) is 0 Å². The van der Waals surface area contributed by atoms with Gasteiger partial charge >= 0.3 is 11.9 Å². The molecule has 0 aromatic rings. The third-order valence-corrected chi connectivity index (χ3v) is 9.41. The second-order valence-electron chi connectivity index (χ2n) is 10.8. The van der Waals surface area contributed by atoms with E-state index in [1.165, 1.54) is 13.8 Å². The molecule has 0 amide bonds. The van der Waals surface area contributed by atoms with Crippen molar-refractivity contribution in [2.75, 3.05) is 0 Å². The van der Waals surface area contributed by atoms with Gasteiger partial charge in [-0.1, -0.05) is 13.8 Å². The van der Waals surface area contributed by atoms with Gasteiger partial charge in [0.05, 0.1) is 0 Å². The Hall–Kier alpha value is -1.39. The van der Waals surface area contributed by atoms with E-state index in [0.717, 1.165) is 51.2 Å². The van der Waals surface area contributed by atoms with Gasteiger partial charge in [-0.15, -0.1) is 0 Å². The van der Waals surface area contributed by atoms with Crippen molar-refractivity contribution in [2.45, 2.75) is 91.3 Å². The lowest BCUT2D eigenvalue weighted by atomic mass is 9.44. The Morgan fingerprint density at radius 2 is 1.59 bits per heavy atom. The molecule has 5 heteroatoms. The summed E-state index contributed by atoms with van der Waals surface area (Å²) in [6, 6.07) is 0. The largest absolute Gasteiger partial charge is 0.463 e. The van der Waals surface area contributed by atoms with Gasteiger partial charge in [0, 0.05) is 25.2 Å². The summed E-state index contributed by atoms with van der Waals surface area (Å²) in [4.78, 5) is 35.1. The first-order chi connectivity index (χ1) is 13.7. The highest BCUT2D eigenvalue weighted by Crippen LogP contribution is 2.67. The van der Waals surface area contributed by atoms with Gasteiger partial charge in [-0.25, -0.2) is 0 Å². The van der Waals surface area contributed by atoms with Crippen molar-refractivity contribution in [1.29, 1.82) is 0 Å². The van der Waals surface area contributed by atoms with Gasteiger partial charge < -0.3 is 14.3 Å². The second kappa shape index (κ2) is 7.39. The fourth-order valence-corrected chi connectivity index (χ4v) is 8.21. The maximum Gasteiger partial charge on any atom is 0.302 e. The van der Waals surface area contributed by atoms with Crippen LogP contribution >= 0.6 is 0 Å². The van der Waals surface area contributed by atoms with Crippen LogP contribution in [0, 0.1) is 40.4 Å². The molecule has 0 spiro atoms. The zero-order chi connectivity index (χ0) is 21.0. The van der Waals surface area contributed by atoms with Gasteiger partial charge in [0.1, 0.15) is 18.5 Å². The highest BCUT2D eigenvalue weighted by Gasteiger charge is 2.63. The van der Waals surface area contributed by atoms with Crippen molar-refractivity contribution >= 4 is 18.2 Å². The van der Waals surface area contributed by atoms with Crippen LogP contribution in [-0.4, -0.2) is 30.4 Å². The van der Waals surface area contributed by atoms with E-state index in [-0.39, 0.29) is 40.9 Å². The maximum atomic E-state index is 12.0. The number of esters is 2. The molecule has 0 bridgehead atoms. The Morgan fingerprint density at radius 1 is 0.897 bits per heavy atom. The molecule has 4 aliphatic rings. The lowest BCUT2D eigenvalue weighted by Gasteiger charge is -2.61. The number of carbonyl (C=O) groups is 3. The SMILES string of the molecule is CC(=O)OC1CC[C@@]2(C)C(CC[C@@H]3[C@H]2CC[C@]2(C)C(OC(C)=O)CC(C=O)[C@@H]32)C1. The summed E-state index contributed by atoms with van der Waals surface area (Å²) in [5, 5.41) is 0. The molecule has 9 atom stereocenters. The molecule has 4 saturated carbocycles. The fraction of sp³-hybridized carbons (Fsp3) is 0.875. The highest BCUT2D eigenvalue weighted by molar-refractivity contribution is 5.67. The summed E-state index contributed by atoms with van der Waals surface area (Å²) in [7, 11) is 0. The van der Waals surface area contributed by atoms with Gasteiger partial charge in [0.2, 0.25) is 0 Å². The Balaban J connectivity index is 1.57. The second-order valence-corrected chi connectivity index (χ2v) is 10.8. The van der Waals surface area contributed by atoms with Crippen LogP contribution in [0.3, 0.4) is 0 Å². The summed E-state index contributed by atoms with van der Waals surface area (Å²) in [5.41, 5.74) is 0.171. The molecule has 0 radical (unpaired) electrons. The van der Waals surface area contributed by atoms with E-state index in [9.17, 15) is 14.4 Å². The van der Waals surface area contributed by atoms with Crippen molar-refractivity contribution in [3.63, 3.8) is 0 Å². The van der Waals surface area contributed by atoms with Crippen molar-refractivity contribution in [3.05, 3.63) is 0 Å². The number of hydrogen-bond acceptors (Lipinski definition) is 5. The molecule has 4 aliphatic carbocycles. The van der Waals surface area contributed by atoms with Crippen LogP contribution in [0.25, 0.3) is 0 Å². The minimum Gasteiger partial charge on any atom is -0.463 e. The van der Waals surface area contributed by atoms with Gasteiger partial charge in [-0.2, -0.15) is 0 Å². The number of fused-ring (bicyclic) bond motifs is 5. The fourth-order valence-electron chi connectivity index (χ4n) is 8.21. The van der Waals surface area contributed by atoms with E-state index >= 15 is 0 Å². The van der Waals surface area contributed by atoms with E-state index < -0.39 is 0 Å². The van der Waals surface area contributed by atoms with Gasteiger partial charge in [-0.05, 0) is 80.5 Å². The molecule has 0 aliphatic heterocycles. The Kier molecular flexibility index (Phi) is 5.31. The maximum absolute atomic E-state index is 12.0. The number of aldehydes is 1. The van der Waals surface area contributed by atoms with Crippen LogP contribution in [0.1, 0.15) is 79.1 Å². The molecule has 0 N–H and O–H groups in total. The number of ether oxygens (including phenoxy) is 2. The van der Waals surface area contributed by atoms with E-state index in [0.29, 0.717) is 30.1 Å². The normalized spacial score (nSPS) is 48.6. The van der Waals surface area contributed by atoms with Crippen LogP contribution in [0.15, 0.2) is 0 Å². The minimum atomic E-state index is -0.233. The van der Waals surface area contributed by atoms with Crippen LogP contribution in [0.5, 0.6) is 0 Å².